The van der Waals surface area contributed by atoms with Crippen LogP contribution in [0.15, 0.2) is 30.5 Å². The van der Waals surface area contributed by atoms with Gasteiger partial charge in [-0.25, -0.2) is 9.07 Å². The van der Waals surface area contributed by atoms with Gasteiger partial charge in [-0.05, 0) is 18.1 Å². The number of aryl methyl sites for hydroxylation is 1. The van der Waals surface area contributed by atoms with Crippen LogP contribution in [0.3, 0.4) is 0 Å². The van der Waals surface area contributed by atoms with Crippen molar-refractivity contribution in [3.05, 3.63) is 47.3 Å². The van der Waals surface area contributed by atoms with Crippen LogP contribution < -0.4 is 5.32 Å². The minimum absolute atomic E-state index is 0.0778. The van der Waals surface area contributed by atoms with Crippen molar-refractivity contribution in [2.45, 2.75) is 38.5 Å². The molecular formula is C20H26FN5O3. The van der Waals surface area contributed by atoms with Gasteiger partial charge >= 0.3 is 0 Å². The topological polar surface area (TPSA) is 89.4 Å². The number of carbonyl (C=O) groups is 2. The largest absolute Gasteiger partial charge is 0.383 e. The van der Waals surface area contributed by atoms with Gasteiger partial charge < -0.3 is 15.0 Å². The molecule has 0 spiro atoms. The van der Waals surface area contributed by atoms with Crippen LogP contribution in [0, 0.1) is 6.92 Å². The maximum atomic E-state index is 14.1. The number of nitrogens with one attached hydrogen (secondary N) is 1. The SMILES string of the molecule is COCCNC(=O)c1cn(C[C@@H]2C[C@H](F)CN2C(=O)Cc2ccccc2C)nn1. The molecule has 1 aliphatic rings. The van der Waals surface area contributed by atoms with Crippen LogP contribution in [0.5, 0.6) is 0 Å². The summed E-state index contributed by atoms with van der Waals surface area (Å²) in [6, 6.07) is 7.36. The molecule has 1 saturated heterocycles. The minimum Gasteiger partial charge on any atom is -0.383 e. The lowest BCUT2D eigenvalue weighted by molar-refractivity contribution is -0.131. The molecule has 1 aromatic heterocycles. The van der Waals surface area contributed by atoms with Crippen LogP contribution >= 0.6 is 0 Å². The molecule has 1 fully saturated rings. The van der Waals surface area contributed by atoms with Crippen LogP contribution in [0.1, 0.15) is 28.0 Å². The molecule has 2 heterocycles. The van der Waals surface area contributed by atoms with E-state index in [1.807, 2.05) is 31.2 Å². The zero-order valence-corrected chi connectivity index (χ0v) is 16.7. The number of likely N-dealkylation sites (tertiary alicyclic amines) is 1. The Hall–Kier alpha value is -2.81. The molecule has 1 N–H and O–H groups in total. The predicted molar refractivity (Wildman–Crippen MR) is 104 cm³/mol. The molecule has 9 heteroatoms. The van der Waals surface area contributed by atoms with Gasteiger partial charge in [0.2, 0.25) is 5.91 Å². The second kappa shape index (κ2) is 9.60. The van der Waals surface area contributed by atoms with Crippen molar-refractivity contribution in [3.63, 3.8) is 0 Å². The molecule has 0 saturated carbocycles. The van der Waals surface area contributed by atoms with Crippen LogP contribution in [-0.4, -0.2) is 70.7 Å². The Kier molecular flexibility index (Phi) is 6.92. The molecule has 2 amide bonds. The number of hydrogen-bond donors (Lipinski definition) is 1. The van der Waals surface area contributed by atoms with Crippen LogP contribution in [0.4, 0.5) is 4.39 Å². The lowest BCUT2D eigenvalue weighted by Gasteiger charge is -2.24. The summed E-state index contributed by atoms with van der Waals surface area (Å²) in [7, 11) is 1.55. The predicted octanol–water partition coefficient (Wildman–Crippen LogP) is 1.14. The van der Waals surface area contributed by atoms with Crippen molar-refractivity contribution in [1.82, 2.24) is 25.2 Å². The van der Waals surface area contributed by atoms with E-state index in [1.54, 1.807) is 12.0 Å². The third-order valence-corrected chi connectivity index (χ3v) is 5.05. The first kappa shape index (κ1) is 20.9. The summed E-state index contributed by atoms with van der Waals surface area (Å²) in [6.45, 7) is 3.09. The highest BCUT2D eigenvalue weighted by Crippen LogP contribution is 2.23. The van der Waals surface area contributed by atoms with E-state index in [0.717, 1.165) is 11.1 Å². The quantitative estimate of drug-likeness (QED) is 0.668. The van der Waals surface area contributed by atoms with Gasteiger partial charge in [-0.15, -0.1) is 5.10 Å². The molecule has 1 aromatic carbocycles. The average Bonchev–Trinajstić information content (AvgIpc) is 3.30. The summed E-state index contributed by atoms with van der Waals surface area (Å²) in [4.78, 5) is 26.4. The molecular weight excluding hydrogens is 377 g/mol. The van der Waals surface area contributed by atoms with Gasteiger partial charge in [-0.2, -0.15) is 0 Å². The number of nitrogens with zero attached hydrogens (tertiary/aromatic N) is 4. The third kappa shape index (κ3) is 5.38. The van der Waals surface area contributed by atoms with Gasteiger partial charge in [-0.1, -0.05) is 29.5 Å². The Morgan fingerprint density at radius 1 is 1.34 bits per heavy atom. The normalized spacial score (nSPS) is 18.8. The number of rotatable bonds is 8. The van der Waals surface area contributed by atoms with Crippen molar-refractivity contribution in [2.24, 2.45) is 0 Å². The Balaban J connectivity index is 1.63. The van der Waals surface area contributed by atoms with Crippen LogP contribution in [-0.2, 0) is 22.5 Å². The lowest BCUT2D eigenvalue weighted by Crippen LogP contribution is -2.39. The summed E-state index contributed by atoms with van der Waals surface area (Å²) in [5.74, 6) is -0.460. The molecule has 0 unspecified atom stereocenters. The highest BCUT2D eigenvalue weighted by Gasteiger charge is 2.35. The summed E-state index contributed by atoms with van der Waals surface area (Å²) in [5.41, 5.74) is 2.15. The number of aromatic nitrogens is 3. The average molecular weight is 403 g/mol. The van der Waals surface area contributed by atoms with E-state index in [9.17, 15) is 14.0 Å². The molecule has 2 aromatic rings. The molecule has 1 aliphatic heterocycles. The fourth-order valence-electron chi connectivity index (χ4n) is 3.48. The third-order valence-electron chi connectivity index (χ3n) is 5.05. The van der Waals surface area contributed by atoms with Gasteiger partial charge in [0.05, 0.1) is 38.4 Å². The maximum absolute atomic E-state index is 14.1. The number of ether oxygens (including phenoxy) is 1. The first-order valence-electron chi connectivity index (χ1n) is 9.63. The van der Waals surface area contributed by atoms with Crippen LogP contribution in [0.25, 0.3) is 0 Å². The second-order valence-corrected chi connectivity index (χ2v) is 7.21. The van der Waals surface area contributed by atoms with E-state index in [2.05, 4.69) is 15.6 Å². The summed E-state index contributed by atoms with van der Waals surface area (Å²) < 4.78 is 20.5. The number of halogens is 1. The minimum atomic E-state index is -1.07. The highest BCUT2D eigenvalue weighted by atomic mass is 19.1. The van der Waals surface area contributed by atoms with E-state index in [0.29, 0.717) is 13.2 Å². The Labute approximate surface area is 169 Å². The highest BCUT2D eigenvalue weighted by molar-refractivity contribution is 5.91. The number of carbonyl (C=O) groups excluding carboxylic acids is 2. The van der Waals surface area contributed by atoms with E-state index in [4.69, 9.17) is 4.74 Å². The molecule has 8 nitrogen and oxygen atoms in total. The first-order valence-corrected chi connectivity index (χ1v) is 9.63. The Bertz CT molecular complexity index is 856. The molecule has 3 rings (SSSR count). The molecule has 2 atom stereocenters. The number of amides is 2. The van der Waals surface area contributed by atoms with Crippen molar-refractivity contribution in [3.8, 4) is 0 Å². The number of benzene rings is 1. The Morgan fingerprint density at radius 3 is 2.90 bits per heavy atom. The lowest BCUT2D eigenvalue weighted by atomic mass is 10.1. The summed E-state index contributed by atoms with van der Waals surface area (Å²) in [5, 5.41) is 10.5. The standard InChI is InChI=1S/C20H26FN5O3/c1-14-5-3-4-6-15(14)9-19(27)26-11-16(21)10-17(26)12-25-13-18(23-24-25)20(28)22-7-8-29-2/h3-6,13,16-17H,7-12H2,1-2H3,(H,22,28)/t16-,17-/m0/s1. The zero-order chi connectivity index (χ0) is 20.8. The van der Waals surface area contributed by atoms with Crippen molar-refractivity contribution in [2.75, 3.05) is 26.8 Å². The summed E-state index contributed by atoms with van der Waals surface area (Å²) >= 11 is 0. The van der Waals surface area contributed by atoms with E-state index < -0.39 is 6.17 Å². The van der Waals surface area contributed by atoms with Gasteiger partial charge in [-0.3, -0.25) is 9.59 Å². The van der Waals surface area contributed by atoms with Crippen molar-refractivity contribution < 1.29 is 18.7 Å². The molecule has 29 heavy (non-hydrogen) atoms. The van der Waals surface area contributed by atoms with E-state index >= 15 is 0 Å². The molecule has 0 aliphatic carbocycles. The van der Waals surface area contributed by atoms with Crippen LogP contribution in [0.2, 0.25) is 0 Å². The molecule has 0 radical (unpaired) electrons. The Morgan fingerprint density at radius 2 is 2.14 bits per heavy atom. The molecule has 156 valence electrons. The monoisotopic (exact) mass is 403 g/mol. The smallest absolute Gasteiger partial charge is 0.273 e. The van der Waals surface area contributed by atoms with Crippen molar-refractivity contribution in [1.29, 1.82) is 0 Å². The fourth-order valence-corrected chi connectivity index (χ4v) is 3.48. The van der Waals surface area contributed by atoms with Gasteiger partial charge in [0.1, 0.15) is 6.17 Å². The fraction of sp³-hybridized carbons (Fsp3) is 0.500. The van der Waals surface area contributed by atoms with Gasteiger partial charge in [0, 0.05) is 20.1 Å². The maximum Gasteiger partial charge on any atom is 0.273 e. The number of alkyl halides is 1. The first-order chi connectivity index (χ1) is 14.0. The number of hydrogen-bond acceptors (Lipinski definition) is 5. The second-order valence-electron chi connectivity index (χ2n) is 7.21. The van der Waals surface area contributed by atoms with Gasteiger partial charge in [0.25, 0.3) is 5.91 Å². The molecule has 0 bridgehead atoms. The van der Waals surface area contributed by atoms with E-state index in [-0.39, 0.29) is 49.5 Å². The van der Waals surface area contributed by atoms with Gasteiger partial charge in [0.15, 0.2) is 5.69 Å². The summed E-state index contributed by atoms with van der Waals surface area (Å²) in [6.07, 6.45) is 0.925. The van der Waals surface area contributed by atoms with E-state index in [1.165, 1.54) is 10.9 Å². The van der Waals surface area contributed by atoms with Crippen molar-refractivity contribution >= 4 is 11.8 Å². The number of methoxy groups -OCH3 is 1. The zero-order valence-electron chi connectivity index (χ0n) is 16.7.